The van der Waals surface area contributed by atoms with Crippen molar-refractivity contribution in [3.05, 3.63) is 182 Å². The maximum atomic E-state index is 14.5. The molecule has 3 heterocycles. The van der Waals surface area contributed by atoms with Crippen LogP contribution in [0.15, 0.2) is 127 Å². The molecular formula is C67H79O9P. The quantitative estimate of drug-likeness (QED) is 0.0726. The summed E-state index contributed by atoms with van der Waals surface area (Å²) in [6.07, 6.45) is 3.60. The van der Waals surface area contributed by atoms with Gasteiger partial charge < -0.3 is 27.8 Å². The van der Waals surface area contributed by atoms with Gasteiger partial charge in [-0.05, 0) is 104 Å². The topological polar surface area (TPSA) is 107 Å². The molecular weight excluding hydrogens is 980 g/mol. The van der Waals surface area contributed by atoms with Crippen molar-refractivity contribution in [3.8, 4) is 28.7 Å². The first-order valence-electron chi connectivity index (χ1n) is 26.8. The fourth-order valence-electron chi connectivity index (χ4n) is 9.67. The summed E-state index contributed by atoms with van der Waals surface area (Å²) in [7, 11) is -2.59. The molecule has 0 amide bonds. The number of hydrogen-bond donors (Lipinski definition) is 0. The normalized spacial score (nSPS) is 18.6. The van der Waals surface area contributed by atoms with Crippen LogP contribution < -0.4 is 23.0 Å². The number of carbonyl (C=O) groups excluding carboxylic acids is 3. The van der Waals surface area contributed by atoms with E-state index in [-0.39, 0.29) is 32.5 Å². The molecule has 3 aliphatic rings. The molecule has 406 valence electrons. The summed E-state index contributed by atoms with van der Waals surface area (Å²) < 4.78 is 39.8. The van der Waals surface area contributed by atoms with E-state index in [0.29, 0.717) is 56.8 Å². The van der Waals surface area contributed by atoms with Crippen LogP contribution >= 0.6 is 8.60 Å². The Hall–Kier alpha value is -6.44. The first-order chi connectivity index (χ1) is 35.5. The SMILES string of the molecule is C=CC1=C(/C=C(\C)C(C)(C)C)C(c2cc(C(C)(C)C)ccc2OP(Oc2ccc(C(C)(C)C)cc2C2C(=O)Oc3ccc(C(C)(C)C)cc32)Oc2ccc(C(C)(C)C)cc2C2C(=O)Oc3ccc(C(C)(C)C)cc32)C(=O)O1. The molecule has 5 aromatic rings. The molecule has 0 bridgehead atoms. The van der Waals surface area contributed by atoms with Gasteiger partial charge in [-0.2, -0.15) is 0 Å². The summed E-state index contributed by atoms with van der Waals surface area (Å²) in [5, 5.41) is 0. The van der Waals surface area contributed by atoms with Crippen LogP contribution in [0.4, 0.5) is 0 Å². The van der Waals surface area contributed by atoms with Crippen molar-refractivity contribution in [2.75, 3.05) is 0 Å². The maximum absolute atomic E-state index is 14.5. The van der Waals surface area contributed by atoms with E-state index in [1.807, 2.05) is 91.9 Å². The summed E-state index contributed by atoms with van der Waals surface area (Å²) in [6.45, 7) is 44.4. The second-order valence-corrected chi connectivity index (χ2v) is 28.2. The second kappa shape index (κ2) is 20.1. The molecule has 0 aromatic heterocycles. The third-order valence-electron chi connectivity index (χ3n) is 15.1. The summed E-state index contributed by atoms with van der Waals surface area (Å²) in [5.74, 6) is -1.65. The van der Waals surface area contributed by atoms with Gasteiger partial charge in [0.15, 0.2) is 0 Å². The first kappa shape index (κ1) is 56.8. The fourth-order valence-corrected chi connectivity index (χ4v) is 10.8. The smallest absolute Gasteiger partial charge is 0.426 e. The van der Waals surface area contributed by atoms with Crippen LogP contribution in [0.25, 0.3) is 0 Å². The van der Waals surface area contributed by atoms with Crippen molar-refractivity contribution < 1.29 is 42.2 Å². The van der Waals surface area contributed by atoms with Crippen molar-refractivity contribution in [2.24, 2.45) is 5.41 Å². The molecule has 3 unspecified atom stereocenters. The zero-order valence-electron chi connectivity index (χ0n) is 48.9. The van der Waals surface area contributed by atoms with Crippen LogP contribution in [0.1, 0.15) is 205 Å². The van der Waals surface area contributed by atoms with E-state index in [2.05, 4.69) is 143 Å². The van der Waals surface area contributed by atoms with Crippen LogP contribution in [0.5, 0.6) is 28.7 Å². The van der Waals surface area contributed by atoms with Crippen LogP contribution in [0.2, 0.25) is 0 Å². The Morgan fingerprint density at radius 1 is 0.442 bits per heavy atom. The molecule has 10 heteroatoms. The Balaban J connectivity index is 1.37. The average molecular weight is 1060 g/mol. The molecule has 0 saturated carbocycles. The second-order valence-electron chi connectivity index (χ2n) is 27.2. The Kier molecular flexibility index (Phi) is 14.8. The molecule has 0 fully saturated rings. The minimum Gasteiger partial charge on any atom is -0.426 e. The van der Waals surface area contributed by atoms with E-state index in [1.54, 1.807) is 6.08 Å². The van der Waals surface area contributed by atoms with Crippen LogP contribution in [-0.2, 0) is 46.2 Å². The van der Waals surface area contributed by atoms with Gasteiger partial charge in [-0.1, -0.05) is 204 Å². The highest BCUT2D eigenvalue weighted by Crippen LogP contribution is 2.54. The molecule has 5 aromatic carbocycles. The molecule has 9 nitrogen and oxygen atoms in total. The number of esters is 3. The van der Waals surface area contributed by atoms with Gasteiger partial charge in [-0.25, -0.2) is 0 Å². The lowest BCUT2D eigenvalue weighted by Crippen LogP contribution is -2.18. The third kappa shape index (κ3) is 11.7. The Bertz CT molecular complexity index is 3110. The van der Waals surface area contributed by atoms with Gasteiger partial charge in [-0.3, -0.25) is 14.4 Å². The number of benzene rings is 5. The van der Waals surface area contributed by atoms with Gasteiger partial charge in [0.25, 0.3) is 0 Å². The molecule has 0 aliphatic carbocycles. The zero-order valence-corrected chi connectivity index (χ0v) is 49.8. The molecule has 8 rings (SSSR count). The number of ether oxygens (including phenoxy) is 3. The summed E-state index contributed by atoms with van der Waals surface area (Å²) in [5.41, 5.74) is 8.23. The van der Waals surface area contributed by atoms with Crippen LogP contribution in [0.3, 0.4) is 0 Å². The number of carbonyl (C=O) groups is 3. The molecule has 3 aliphatic heterocycles. The minimum atomic E-state index is -2.59. The lowest BCUT2D eigenvalue weighted by atomic mass is 9.81. The predicted molar refractivity (Wildman–Crippen MR) is 309 cm³/mol. The highest BCUT2D eigenvalue weighted by molar-refractivity contribution is 7.43. The van der Waals surface area contributed by atoms with Crippen molar-refractivity contribution in [2.45, 2.75) is 176 Å². The minimum absolute atomic E-state index is 0.219. The fraction of sp³-hybridized carbons (Fsp3) is 0.418. The van der Waals surface area contributed by atoms with Crippen molar-refractivity contribution in [3.63, 3.8) is 0 Å². The van der Waals surface area contributed by atoms with Gasteiger partial charge in [0, 0.05) is 33.4 Å². The van der Waals surface area contributed by atoms with E-state index < -0.39 is 44.3 Å². The summed E-state index contributed by atoms with van der Waals surface area (Å²) >= 11 is 0. The van der Waals surface area contributed by atoms with Crippen LogP contribution in [-0.4, -0.2) is 17.9 Å². The maximum Gasteiger partial charge on any atom is 0.530 e. The number of fused-ring (bicyclic) bond motifs is 2. The Morgan fingerprint density at radius 2 is 0.740 bits per heavy atom. The molecule has 0 spiro atoms. The average Bonchev–Trinajstić information content (AvgIpc) is 3.99. The number of rotatable bonds is 11. The third-order valence-corrected chi connectivity index (χ3v) is 16.2. The molecule has 3 atom stereocenters. The van der Waals surface area contributed by atoms with E-state index in [0.717, 1.165) is 44.5 Å². The molecule has 0 radical (unpaired) electrons. The summed E-state index contributed by atoms with van der Waals surface area (Å²) in [6, 6.07) is 29.5. The summed E-state index contributed by atoms with van der Waals surface area (Å²) in [4.78, 5) is 43.3. The van der Waals surface area contributed by atoms with Gasteiger partial charge >= 0.3 is 26.5 Å². The van der Waals surface area contributed by atoms with Gasteiger partial charge in [0.2, 0.25) is 0 Å². The Morgan fingerprint density at radius 3 is 1.05 bits per heavy atom. The monoisotopic (exact) mass is 1060 g/mol. The van der Waals surface area contributed by atoms with E-state index >= 15 is 0 Å². The van der Waals surface area contributed by atoms with Crippen molar-refractivity contribution >= 4 is 26.5 Å². The van der Waals surface area contributed by atoms with Crippen LogP contribution in [0, 0.1) is 5.41 Å². The highest BCUT2D eigenvalue weighted by Gasteiger charge is 2.43. The Labute approximate surface area is 459 Å². The van der Waals surface area contributed by atoms with Gasteiger partial charge in [0.05, 0.1) is 0 Å². The first-order valence-corrected chi connectivity index (χ1v) is 27.9. The number of cyclic esters (lactones) is 1. The van der Waals surface area contributed by atoms with Crippen molar-refractivity contribution in [1.29, 1.82) is 0 Å². The molecule has 0 N–H and O–H groups in total. The van der Waals surface area contributed by atoms with E-state index in [9.17, 15) is 14.4 Å². The number of hydrogen-bond acceptors (Lipinski definition) is 9. The van der Waals surface area contributed by atoms with Gasteiger partial charge in [0.1, 0.15) is 52.3 Å². The predicted octanol–water partition coefficient (Wildman–Crippen LogP) is 17.1. The number of allylic oxidation sites excluding steroid dienone is 3. The highest BCUT2D eigenvalue weighted by atomic mass is 31.2. The van der Waals surface area contributed by atoms with Crippen molar-refractivity contribution in [1.82, 2.24) is 0 Å². The largest absolute Gasteiger partial charge is 0.530 e. The van der Waals surface area contributed by atoms with E-state index in [1.165, 1.54) is 0 Å². The molecule has 77 heavy (non-hydrogen) atoms. The van der Waals surface area contributed by atoms with Gasteiger partial charge in [-0.15, -0.1) is 0 Å². The molecule has 0 saturated heterocycles. The lowest BCUT2D eigenvalue weighted by molar-refractivity contribution is -0.137. The zero-order chi connectivity index (χ0) is 56.7. The lowest BCUT2D eigenvalue weighted by Gasteiger charge is -2.28. The van der Waals surface area contributed by atoms with E-state index in [4.69, 9.17) is 27.8 Å². The standard InChI is InChI=1S/C67H79O9P/c1-21-50-44(32-38(2)62(3,4)5)56(59(68)71-50)47-35-41(65(12,13)14)24-29-53(47)74-77(75-54-30-25-42(66(15,16)17)36-48(54)57-45-33-39(63(6,7)8)22-27-51(45)72-60(57)69)76-55-31-26-43(67(18,19)20)37-49(55)58-46-34-40(64(9,10)11)23-28-52(46)73-61(58)70/h21-37,56-58H,1H2,2-20H3/b38-32+.